The Morgan fingerprint density at radius 2 is 1.83 bits per heavy atom. The van der Waals surface area contributed by atoms with E-state index in [0.717, 1.165) is 10.5 Å². The largest absolute Gasteiger partial charge is 0.423 e. The molecule has 6 nitrogen and oxygen atoms in total. The first kappa shape index (κ1) is 19.5. The van der Waals surface area contributed by atoms with E-state index in [9.17, 15) is 14.4 Å². The highest BCUT2D eigenvalue weighted by Crippen LogP contribution is 2.35. The number of imide groups is 1. The quantitative estimate of drug-likeness (QED) is 0.493. The zero-order chi connectivity index (χ0) is 20.9. The lowest BCUT2D eigenvalue weighted by atomic mass is 9.92. The van der Waals surface area contributed by atoms with Gasteiger partial charge >= 0.3 is 11.7 Å². The number of nitrogens with zero attached hydrogens (tertiary/aromatic N) is 1. The van der Waals surface area contributed by atoms with Gasteiger partial charge in [0, 0.05) is 27.1 Å². The summed E-state index contributed by atoms with van der Waals surface area (Å²) in [7, 11) is 0. The molecule has 1 N–H and O–H groups in total. The Hall–Kier alpha value is -2.83. The molecule has 1 saturated heterocycles. The first-order valence-electron chi connectivity index (χ1n) is 8.82. The number of benzene rings is 2. The van der Waals surface area contributed by atoms with E-state index in [0.29, 0.717) is 27.1 Å². The van der Waals surface area contributed by atoms with Crippen LogP contribution in [-0.4, -0.2) is 16.8 Å². The summed E-state index contributed by atoms with van der Waals surface area (Å²) in [5.41, 5.74) is 0.406. The Balaban J connectivity index is 1.74. The molecule has 2 aromatic carbocycles. The van der Waals surface area contributed by atoms with Gasteiger partial charge in [-0.2, -0.15) is 0 Å². The van der Waals surface area contributed by atoms with Crippen LogP contribution in [0.5, 0.6) is 0 Å². The van der Waals surface area contributed by atoms with Gasteiger partial charge in [0.15, 0.2) is 0 Å². The lowest BCUT2D eigenvalue weighted by molar-refractivity contribution is -0.131. The van der Waals surface area contributed by atoms with E-state index in [1.165, 1.54) is 12.1 Å². The lowest BCUT2D eigenvalue weighted by Crippen LogP contribution is -2.41. The van der Waals surface area contributed by atoms with Crippen molar-refractivity contribution in [3.63, 3.8) is 0 Å². The average Bonchev–Trinajstić information content (AvgIpc) is 2.84. The van der Waals surface area contributed by atoms with Gasteiger partial charge in [0.2, 0.25) is 0 Å². The van der Waals surface area contributed by atoms with Crippen LogP contribution in [0.3, 0.4) is 0 Å². The van der Waals surface area contributed by atoms with Gasteiger partial charge in [-0.15, -0.1) is 0 Å². The minimum absolute atomic E-state index is 0.0728. The van der Waals surface area contributed by atoms with Gasteiger partial charge in [-0.05, 0) is 43.2 Å². The molecule has 0 spiro atoms. The second-order valence-electron chi connectivity index (χ2n) is 7.16. The topological polar surface area (TPSA) is 79.6 Å². The van der Waals surface area contributed by atoms with E-state index < -0.39 is 23.1 Å². The van der Waals surface area contributed by atoms with Crippen LogP contribution in [0, 0.1) is 6.92 Å². The van der Waals surface area contributed by atoms with Crippen LogP contribution in [0.25, 0.3) is 11.0 Å². The molecule has 4 rings (SSSR count). The molecular weight excluding hydrogens is 415 g/mol. The number of amides is 3. The summed E-state index contributed by atoms with van der Waals surface area (Å²) in [4.78, 5) is 38.9. The van der Waals surface area contributed by atoms with E-state index in [1.54, 1.807) is 31.2 Å². The number of aryl methyl sites for hydroxylation is 1. The summed E-state index contributed by atoms with van der Waals surface area (Å²) in [6.45, 7) is 3.39. The summed E-state index contributed by atoms with van der Waals surface area (Å²) >= 11 is 12.2. The summed E-state index contributed by atoms with van der Waals surface area (Å²) in [5.74, 6) is -0.472. The Morgan fingerprint density at radius 1 is 1.07 bits per heavy atom. The molecule has 0 unspecified atom stereocenters. The van der Waals surface area contributed by atoms with Crippen LogP contribution in [0.15, 0.2) is 51.7 Å². The highest BCUT2D eigenvalue weighted by Gasteiger charge is 2.50. The van der Waals surface area contributed by atoms with Crippen LogP contribution >= 0.6 is 23.2 Å². The molecule has 1 atom stereocenters. The number of nitrogens with one attached hydrogen (secondary N) is 1. The highest BCUT2D eigenvalue weighted by molar-refractivity contribution is 6.35. The van der Waals surface area contributed by atoms with Crippen molar-refractivity contribution in [1.82, 2.24) is 10.2 Å². The highest BCUT2D eigenvalue weighted by atomic mass is 35.5. The van der Waals surface area contributed by atoms with E-state index >= 15 is 0 Å². The minimum atomic E-state index is -1.34. The fraction of sp³-hybridized carbons (Fsp3) is 0.190. The molecule has 0 radical (unpaired) electrons. The monoisotopic (exact) mass is 430 g/mol. The molecule has 1 fully saturated rings. The fourth-order valence-corrected chi connectivity index (χ4v) is 4.15. The van der Waals surface area contributed by atoms with Gasteiger partial charge < -0.3 is 9.73 Å². The van der Waals surface area contributed by atoms with Crippen LogP contribution in [-0.2, 0) is 16.9 Å². The smallest absolute Gasteiger partial charge is 0.336 e. The predicted molar refractivity (Wildman–Crippen MR) is 110 cm³/mol. The van der Waals surface area contributed by atoms with Crippen molar-refractivity contribution in [2.45, 2.75) is 25.9 Å². The first-order valence-corrected chi connectivity index (χ1v) is 9.57. The molecule has 3 aromatic rings. The second-order valence-corrected chi connectivity index (χ2v) is 8.00. The Labute approximate surface area is 176 Å². The summed E-state index contributed by atoms with van der Waals surface area (Å²) < 4.78 is 5.25. The maximum absolute atomic E-state index is 13.2. The molecular formula is C21H16Cl2N2O4. The molecule has 3 amide bonds. The van der Waals surface area contributed by atoms with Gasteiger partial charge in [0.05, 0.1) is 6.54 Å². The number of rotatable bonds is 3. The van der Waals surface area contributed by atoms with E-state index in [1.807, 2.05) is 13.0 Å². The maximum Gasteiger partial charge on any atom is 0.336 e. The van der Waals surface area contributed by atoms with Crippen LogP contribution in [0.2, 0.25) is 10.0 Å². The standard InChI is InChI=1S/C21H16Cl2N2O4/c1-11-3-5-14-12(8-18(26)29-17(14)7-11)10-25-19(27)21(2,24-20(25)28)15-6-4-13(22)9-16(15)23/h3-9H,10H2,1-2H3,(H,24,28)/t21-/m1/s1. The van der Waals surface area contributed by atoms with Gasteiger partial charge in [0.25, 0.3) is 5.91 Å². The third-order valence-corrected chi connectivity index (χ3v) is 5.61. The predicted octanol–water partition coefficient (Wildman–Crippen LogP) is 4.38. The molecule has 29 heavy (non-hydrogen) atoms. The van der Waals surface area contributed by atoms with E-state index in [4.69, 9.17) is 27.6 Å². The minimum Gasteiger partial charge on any atom is -0.423 e. The molecule has 1 aromatic heterocycles. The van der Waals surface area contributed by atoms with Crippen molar-refractivity contribution in [3.8, 4) is 0 Å². The molecule has 8 heteroatoms. The van der Waals surface area contributed by atoms with Crippen molar-refractivity contribution in [2.75, 3.05) is 0 Å². The molecule has 0 saturated carbocycles. The Morgan fingerprint density at radius 3 is 2.55 bits per heavy atom. The molecule has 2 heterocycles. The lowest BCUT2D eigenvalue weighted by Gasteiger charge is -2.23. The van der Waals surface area contributed by atoms with Crippen molar-refractivity contribution in [2.24, 2.45) is 0 Å². The number of fused-ring (bicyclic) bond motifs is 1. The zero-order valence-corrected chi connectivity index (χ0v) is 17.1. The van der Waals surface area contributed by atoms with E-state index in [-0.39, 0.29) is 11.6 Å². The number of carbonyl (C=O) groups is 2. The van der Waals surface area contributed by atoms with Crippen LogP contribution in [0.1, 0.15) is 23.6 Å². The third-order valence-electron chi connectivity index (χ3n) is 5.06. The number of hydrogen-bond donors (Lipinski definition) is 1. The van der Waals surface area contributed by atoms with Crippen molar-refractivity contribution < 1.29 is 14.0 Å². The van der Waals surface area contributed by atoms with Crippen molar-refractivity contribution in [3.05, 3.63) is 79.6 Å². The number of urea groups is 1. The van der Waals surface area contributed by atoms with E-state index in [2.05, 4.69) is 5.32 Å². The Kier molecular flexibility index (Phi) is 4.63. The molecule has 1 aliphatic rings. The van der Waals surface area contributed by atoms with Gasteiger partial charge in [-0.3, -0.25) is 9.69 Å². The fourth-order valence-electron chi connectivity index (χ4n) is 3.56. The SMILES string of the molecule is Cc1ccc2c(CN3C(=O)N[C@](C)(c4ccc(Cl)cc4Cl)C3=O)cc(=O)oc2c1. The van der Waals surface area contributed by atoms with Crippen LogP contribution < -0.4 is 10.9 Å². The molecule has 0 bridgehead atoms. The normalized spacial score (nSPS) is 19.1. The molecule has 148 valence electrons. The summed E-state index contributed by atoms with van der Waals surface area (Å²) in [6.07, 6.45) is 0. The Bertz CT molecular complexity index is 1240. The zero-order valence-electron chi connectivity index (χ0n) is 15.6. The van der Waals surface area contributed by atoms with Gasteiger partial charge in [0.1, 0.15) is 11.1 Å². The second kappa shape index (κ2) is 6.90. The third kappa shape index (κ3) is 3.28. The summed E-state index contributed by atoms with van der Waals surface area (Å²) in [5, 5.41) is 4.07. The van der Waals surface area contributed by atoms with Crippen molar-refractivity contribution in [1.29, 1.82) is 0 Å². The number of halogens is 2. The summed E-state index contributed by atoms with van der Waals surface area (Å²) in [6, 6.07) is 10.9. The average molecular weight is 431 g/mol. The van der Waals surface area contributed by atoms with Gasteiger partial charge in [-0.25, -0.2) is 9.59 Å². The number of hydrogen-bond acceptors (Lipinski definition) is 4. The van der Waals surface area contributed by atoms with Gasteiger partial charge in [-0.1, -0.05) is 41.4 Å². The number of carbonyl (C=O) groups excluding carboxylic acids is 2. The maximum atomic E-state index is 13.2. The molecule has 0 aliphatic carbocycles. The first-order chi connectivity index (χ1) is 13.7. The van der Waals surface area contributed by atoms with Crippen LogP contribution in [0.4, 0.5) is 4.79 Å². The molecule has 1 aliphatic heterocycles. The van der Waals surface area contributed by atoms with Crippen molar-refractivity contribution >= 4 is 46.1 Å².